The van der Waals surface area contributed by atoms with Crippen molar-refractivity contribution in [3.63, 3.8) is 0 Å². The molecule has 0 spiro atoms. The Kier molecular flexibility index (Phi) is 4.12. The summed E-state index contributed by atoms with van der Waals surface area (Å²) in [4.78, 5) is 15.1. The highest BCUT2D eigenvalue weighted by Gasteiger charge is 2.48. The van der Waals surface area contributed by atoms with Crippen molar-refractivity contribution in [2.45, 2.75) is 38.2 Å². The van der Waals surface area contributed by atoms with Crippen LogP contribution in [0.5, 0.6) is 0 Å². The van der Waals surface area contributed by atoms with Crippen LogP contribution in [0.1, 0.15) is 43.0 Å². The van der Waals surface area contributed by atoms with Gasteiger partial charge in [-0.1, -0.05) is 25.5 Å². The minimum atomic E-state index is -0.612. The molecular weight excluding hydrogens is 314 g/mol. The van der Waals surface area contributed by atoms with Crippen molar-refractivity contribution in [2.75, 3.05) is 13.1 Å². The third-order valence-corrected chi connectivity index (χ3v) is 6.10. The molecule has 25 heavy (non-hydrogen) atoms. The lowest BCUT2D eigenvalue weighted by molar-refractivity contribution is -0.0609. The van der Waals surface area contributed by atoms with Crippen molar-refractivity contribution in [1.29, 1.82) is 0 Å². The fraction of sp³-hybridized carbons (Fsp3) is 0.500. The maximum absolute atomic E-state index is 13.2. The second-order valence-electron chi connectivity index (χ2n) is 7.39. The molecule has 132 valence electrons. The summed E-state index contributed by atoms with van der Waals surface area (Å²) in [5, 5.41) is 15.2. The van der Waals surface area contributed by atoms with Gasteiger partial charge in [-0.25, -0.2) is 4.68 Å². The third kappa shape index (κ3) is 2.76. The molecule has 2 heterocycles. The van der Waals surface area contributed by atoms with Crippen LogP contribution in [-0.2, 0) is 0 Å². The molecule has 1 amide bonds. The lowest BCUT2D eigenvalue weighted by atomic mass is 9.69. The fourth-order valence-electron chi connectivity index (χ4n) is 4.67. The van der Waals surface area contributed by atoms with Gasteiger partial charge in [-0.2, -0.15) is 5.10 Å². The number of rotatable bonds is 3. The number of nitrogens with zero attached hydrogens (tertiary/aromatic N) is 3. The Morgan fingerprint density at radius 3 is 2.92 bits per heavy atom. The van der Waals surface area contributed by atoms with E-state index in [1.807, 2.05) is 41.4 Å². The molecule has 5 nitrogen and oxygen atoms in total. The number of hydrogen-bond donors (Lipinski definition) is 1. The zero-order valence-electron chi connectivity index (χ0n) is 14.6. The molecule has 2 aromatic rings. The van der Waals surface area contributed by atoms with Gasteiger partial charge >= 0.3 is 0 Å². The molecular formula is C20H25N3O2. The van der Waals surface area contributed by atoms with E-state index in [9.17, 15) is 9.90 Å². The number of likely N-dealkylation sites (tertiary alicyclic amines) is 1. The smallest absolute Gasteiger partial charge is 0.256 e. The molecule has 0 radical (unpaired) electrons. The van der Waals surface area contributed by atoms with Crippen LogP contribution in [0, 0.1) is 11.8 Å². The van der Waals surface area contributed by atoms with Crippen LogP contribution in [0.25, 0.3) is 5.69 Å². The van der Waals surface area contributed by atoms with Crippen LogP contribution in [0.2, 0.25) is 0 Å². The van der Waals surface area contributed by atoms with Gasteiger partial charge in [-0.05, 0) is 43.4 Å². The molecule has 2 fully saturated rings. The Hall–Kier alpha value is -2.14. The zero-order valence-corrected chi connectivity index (χ0v) is 14.6. The number of aliphatic hydroxyl groups is 1. The van der Waals surface area contributed by atoms with Gasteiger partial charge in [0.05, 0.1) is 16.9 Å². The summed E-state index contributed by atoms with van der Waals surface area (Å²) < 4.78 is 1.73. The molecule has 1 aromatic carbocycles. The molecule has 1 saturated heterocycles. The molecule has 3 atom stereocenters. The zero-order chi connectivity index (χ0) is 17.4. The van der Waals surface area contributed by atoms with Crippen molar-refractivity contribution in [3.05, 3.63) is 48.3 Å². The van der Waals surface area contributed by atoms with Crippen molar-refractivity contribution in [2.24, 2.45) is 11.8 Å². The molecule has 1 aromatic heterocycles. The third-order valence-electron chi connectivity index (χ3n) is 6.10. The summed E-state index contributed by atoms with van der Waals surface area (Å²) in [5.74, 6) is 0.658. The van der Waals surface area contributed by atoms with E-state index < -0.39 is 5.60 Å². The topological polar surface area (TPSA) is 58.4 Å². The molecule has 4 rings (SSSR count). The minimum Gasteiger partial charge on any atom is -0.390 e. The predicted octanol–water partition coefficient (Wildman–Crippen LogP) is 2.89. The normalized spacial score (nSPS) is 28.8. The second-order valence-corrected chi connectivity index (χ2v) is 7.39. The number of fused-ring (bicyclic) bond motifs is 1. The van der Waals surface area contributed by atoms with Crippen LogP contribution < -0.4 is 0 Å². The highest BCUT2D eigenvalue weighted by molar-refractivity contribution is 5.98. The Morgan fingerprint density at radius 2 is 2.16 bits per heavy atom. The first-order valence-corrected chi connectivity index (χ1v) is 9.23. The van der Waals surface area contributed by atoms with Gasteiger partial charge in [0.2, 0.25) is 0 Å². The largest absolute Gasteiger partial charge is 0.390 e. The summed E-state index contributed by atoms with van der Waals surface area (Å²) in [7, 11) is 0. The van der Waals surface area contributed by atoms with E-state index in [1.165, 1.54) is 0 Å². The Balaban J connectivity index is 1.61. The van der Waals surface area contributed by atoms with Gasteiger partial charge in [-0.3, -0.25) is 4.79 Å². The van der Waals surface area contributed by atoms with E-state index in [-0.39, 0.29) is 11.8 Å². The summed E-state index contributed by atoms with van der Waals surface area (Å²) in [6, 6.07) is 9.46. The highest BCUT2D eigenvalue weighted by Crippen LogP contribution is 2.44. The maximum atomic E-state index is 13.2. The average Bonchev–Trinajstić information content (AvgIpc) is 3.31. The van der Waals surface area contributed by atoms with Gasteiger partial charge in [0.25, 0.3) is 5.91 Å². The van der Waals surface area contributed by atoms with E-state index in [2.05, 4.69) is 12.0 Å². The minimum absolute atomic E-state index is 0.0407. The number of amides is 1. The summed E-state index contributed by atoms with van der Waals surface area (Å²) in [5.41, 5.74) is 0.863. The van der Waals surface area contributed by atoms with Crippen LogP contribution in [0.3, 0.4) is 0 Å². The molecule has 1 N–H and O–H groups in total. The molecule has 2 aliphatic rings. The number of benzene rings is 1. The second kappa shape index (κ2) is 6.30. The van der Waals surface area contributed by atoms with E-state index in [1.54, 1.807) is 10.9 Å². The molecule has 1 aliphatic heterocycles. The van der Waals surface area contributed by atoms with Gasteiger partial charge < -0.3 is 10.0 Å². The molecule has 0 bridgehead atoms. The summed E-state index contributed by atoms with van der Waals surface area (Å²) in [6.45, 7) is 3.46. The van der Waals surface area contributed by atoms with Gasteiger partial charge in [0.15, 0.2) is 0 Å². The first-order valence-electron chi connectivity index (χ1n) is 9.23. The first-order chi connectivity index (χ1) is 12.1. The SMILES string of the molecule is CC[C@]1(O)CCC[C@H]2CN(C(=O)c3ccccc3-n3cccn3)C[C@H]21. The van der Waals surface area contributed by atoms with Crippen LogP contribution in [0.15, 0.2) is 42.7 Å². The van der Waals surface area contributed by atoms with Gasteiger partial charge in [0, 0.05) is 31.4 Å². The monoisotopic (exact) mass is 339 g/mol. The molecule has 5 heteroatoms. The fourth-order valence-corrected chi connectivity index (χ4v) is 4.67. The lowest BCUT2D eigenvalue weighted by Crippen LogP contribution is -2.44. The maximum Gasteiger partial charge on any atom is 0.256 e. The van der Waals surface area contributed by atoms with Crippen molar-refractivity contribution in [1.82, 2.24) is 14.7 Å². The van der Waals surface area contributed by atoms with E-state index >= 15 is 0 Å². The standard InChI is InChI=1S/C20H25N3O2/c1-2-20(25)10-5-7-15-13-22(14-17(15)20)19(24)16-8-3-4-9-18(16)23-12-6-11-21-23/h3-4,6,8-9,11-12,15,17,25H,2,5,7,10,13-14H2,1H3/t15-,17+,20-/m0/s1. The first kappa shape index (κ1) is 16.3. The number of para-hydroxylation sites is 1. The van der Waals surface area contributed by atoms with Crippen molar-refractivity contribution >= 4 is 5.91 Å². The Bertz CT molecular complexity index is 758. The number of hydrogen-bond acceptors (Lipinski definition) is 3. The Morgan fingerprint density at radius 1 is 1.32 bits per heavy atom. The molecule has 1 aliphatic carbocycles. The van der Waals surface area contributed by atoms with E-state index in [0.717, 1.165) is 37.9 Å². The van der Waals surface area contributed by atoms with E-state index in [0.29, 0.717) is 18.0 Å². The number of carbonyl (C=O) groups is 1. The van der Waals surface area contributed by atoms with Gasteiger partial charge in [0.1, 0.15) is 0 Å². The molecule has 1 saturated carbocycles. The van der Waals surface area contributed by atoms with Crippen LogP contribution in [0.4, 0.5) is 0 Å². The Labute approximate surface area is 148 Å². The van der Waals surface area contributed by atoms with Gasteiger partial charge in [-0.15, -0.1) is 0 Å². The van der Waals surface area contributed by atoms with Crippen molar-refractivity contribution in [3.8, 4) is 5.69 Å². The average molecular weight is 339 g/mol. The lowest BCUT2D eigenvalue weighted by Gasteiger charge is -2.40. The quantitative estimate of drug-likeness (QED) is 0.935. The summed E-state index contributed by atoms with van der Waals surface area (Å²) >= 11 is 0. The summed E-state index contributed by atoms with van der Waals surface area (Å²) in [6.07, 6.45) is 7.35. The molecule has 0 unspecified atom stereocenters. The van der Waals surface area contributed by atoms with Crippen LogP contribution in [-0.4, -0.2) is 44.4 Å². The predicted molar refractivity (Wildman–Crippen MR) is 95.5 cm³/mol. The highest BCUT2D eigenvalue weighted by atomic mass is 16.3. The number of carbonyl (C=O) groups excluding carboxylic acids is 1. The van der Waals surface area contributed by atoms with E-state index in [4.69, 9.17) is 0 Å². The number of aromatic nitrogens is 2. The van der Waals surface area contributed by atoms with Crippen molar-refractivity contribution < 1.29 is 9.90 Å². The van der Waals surface area contributed by atoms with Crippen LogP contribution >= 0.6 is 0 Å².